The number of anilines is 1. The molecule has 0 aliphatic carbocycles. The van der Waals surface area contributed by atoms with Crippen LogP contribution in [0, 0.1) is 19.7 Å². The third kappa shape index (κ3) is 4.11. The summed E-state index contributed by atoms with van der Waals surface area (Å²) >= 11 is 1.36. The van der Waals surface area contributed by atoms with Crippen molar-refractivity contribution in [3.8, 4) is 17.0 Å². The van der Waals surface area contributed by atoms with Crippen molar-refractivity contribution in [3.63, 3.8) is 0 Å². The van der Waals surface area contributed by atoms with E-state index in [-0.39, 0.29) is 18.1 Å². The summed E-state index contributed by atoms with van der Waals surface area (Å²) < 4.78 is 24.1. The van der Waals surface area contributed by atoms with Crippen LogP contribution in [-0.4, -0.2) is 18.0 Å². The second kappa shape index (κ2) is 7.70. The number of nitrogens with one attached hydrogen (secondary N) is 1. The number of halogens is 1. The maximum Gasteiger partial charge on any atom is 0.226 e. The summed E-state index contributed by atoms with van der Waals surface area (Å²) in [5.41, 5.74) is 2.44. The summed E-state index contributed by atoms with van der Waals surface area (Å²) in [5.74, 6) is 1.22. The van der Waals surface area contributed by atoms with Crippen LogP contribution < -0.4 is 10.1 Å². The first-order valence-electron chi connectivity index (χ1n) is 8.11. The number of methoxy groups -OCH3 is 1. The molecule has 5 nitrogen and oxygen atoms in total. The molecule has 2 aromatic heterocycles. The molecule has 0 radical (unpaired) electrons. The van der Waals surface area contributed by atoms with Gasteiger partial charge < -0.3 is 14.5 Å². The summed E-state index contributed by atoms with van der Waals surface area (Å²) in [6.07, 6.45) is 0.676. The average Bonchev–Trinajstić information content (AvgIpc) is 3.19. The number of aromatic nitrogens is 1. The number of hydrogen-bond acceptors (Lipinski definition) is 5. The highest BCUT2D eigenvalue weighted by molar-refractivity contribution is 7.14. The summed E-state index contributed by atoms with van der Waals surface area (Å²) in [4.78, 5) is 16.6. The first-order valence-corrected chi connectivity index (χ1v) is 8.99. The van der Waals surface area contributed by atoms with E-state index in [4.69, 9.17) is 9.15 Å². The molecule has 1 aromatic carbocycles. The number of furan rings is 1. The number of ether oxygens (including phenoxy) is 1. The average molecular weight is 374 g/mol. The van der Waals surface area contributed by atoms with Crippen LogP contribution in [0.1, 0.15) is 23.5 Å². The van der Waals surface area contributed by atoms with Crippen molar-refractivity contribution in [1.82, 2.24) is 4.98 Å². The van der Waals surface area contributed by atoms with Crippen LogP contribution in [0.3, 0.4) is 0 Å². The van der Waals surface area contributed by atoms with Gasteiger partial charge in [0.2, 0.25) is 5.91 Å². The van der Waals surface area contributed by atoms with Crippen LogP contribution in [0.4, 0.5) is 9.52 Å². The van der Waals surface area contributed by atoms with E-state index >= 15 is 0 Å². The number of nitrogens with zero attached hydrogens (tertiary/aromatic N) is 1. The molecule has 3 aromatic rings. The molecule has 3 rings (SSSR count). The third-order valence-electron chi connectivity index (χ3n) is 3.92. The maximum absolute atomic E-state index is 13.7. The molecule has 0 saturated heterocycles. The Morgan fingerprint density at radius 2 is 2.15 bits per heavy atom. The first kappa shape index (κ1) is 18.1. The largest absolute Gasteiger partial charge is 0.494 e. The lowest BCUT2D eigenvalue weighted by Crippen LogP contribution is -2.12. The van der Waals surface area contributed by atoms with Gasteiger partial charge in [0.1, 0.15) is 11.5 Å². The molecule has 7 heteroatoms. The van der Waals surface area contributed by atoms with E-state index in [1.807, 2.05) is 25.3 Å². The lowest BCUT2D eigenvalue weighted by atomic mass is 10.1. The Kier molecular flexibility index (Phi) is 5.37. The highest BCUT2D eigenvalue weighted by Gasteiger charge is 2.13. The van der Waals surface area contributed by atoms with E-state index in [1.165, 1.54) is 24.5 Å². The number of carbonyl (C=O) groups excluding carboxylic acids is 1. The van der Waals surface area contributed by atoms with Gasteiger partial charge in [0.05, 0.1) is 12.8 Å². The van der Waals surface area contributed by atoms with Crippen LogP contribution in [0.2, 0.25) is 0 Å². The standard InChI is InChI=1S/C19H19FN2O3S/c1-11-8-14(12(2)25-11)16-10-26-19(21-16)22-18(23)7-5-13-4-6-17(24-3)15(20)9-13/h4,6,8-10H,5,7H2,1-3H3,(H,21,22,23). The number of carbonyl (C=O) groups is 1. The van der Waals surface area contributed by atoms with Gasteiger partial charge in [-0.05, 0) is 44.0 Å². The van der Waals surface area contributed by atoms with E-state index in [1.54, 1.807) is 12.1 Å². The van der Waals surface area contributed by atoms with Gasteiger partial charge in [0.15, 0.2) is 16.7 Å². The normalized spacial score (nSPS) is 10.8. The second-order valence-corrected chi connectivity index (χ2v) is 6.74. The number of aryl methyl sites for hydroxylation is 3. The number of rotatable bonds is 6. The van der Waals surface area contributed by atoms with Gasteiger partial charge in [0, 0.05) is 17.4 Å². The van der Waals surface area contributed by atoms with E-state index < -0.39 is 5.82 Å². The molecule has 0 aliphatic heterocycles. The predicted molar refractivity (Wildman–Crippen MR) is 99.2 cm³/mol. The van der Waals surface area contributed by atoms with Crippen molar-refractivity contribution >= 4 is 22.4 Å². The predicted octanol–water partition coefficient (Wildman–Crippen LogP) is 4.74. The Bertz CT molecular complexity index is 933. The molecule has 0 aliphatic rings. The number of hydrogen-bond donors (Lipinski definition) is 1. The summed E-state index contributed by atoms with van der Waals surface area (Å²) in [6, 6.07) is 6.62. The molecule has 0 fully saturated rings. The van der Waals surface area contributed by atoms with Crippen molar-refractivity contribution in [1.29, 1.82) is 0 Å². The minimum atomic E-state index is -0.430. The van der Waals surface area contributed by atoms with Crippen molar-refractivity contribution in [2.75, 3.05) is 12.4 Å². The molecule has 1 N–H and O–H groups in total. The Balaban J connectivity index is 1.59. The lowest BCUT2D eigenvalue weighted by molar-refractivity contribution is -0.116. The van der Waals surface area contributed by atoms with Crippen molar-refractivity contribution in [2.24, 2.45) is 0 Å². The van der Waals surface area contributed by atoms with E-state index in [9.17, 15) is 9.18 Å². The van der Waals surface area contributed by atoms with Crippen molar-refractivity contribution in [2.45, 2.75) is 26.7 Å². The number of thiazole rings is 1. The molecule has 0 spiro atoms. The highest BCUT2D eigenvalue weighted by atomic mass is 32.1. The smallest absolute Gasteiger partial charge is 0.226 e. The summed E-state index contributed by atoms with van der Waals surface area (Å²) in [5, 5.41) is 5.20. The van der Waals surface area contributed by atoms with Crippen LogP contribution in [0.5, 0.6) is 5.75 Å². The first-order chi connectivity index (χ1) is 12.5. The summed E-state index contributed by atoms with van der Waals surface area (Å²) in [7, 11) is 1.42. The monoisotopic (exact) mass is 374 g/mol. The maximum atomic E-state index is 13.7. The molecule has 0 unspecified atom stereocenters. The Labute approximate surface area is 154 Å². The van der Waals surface area contributed by atoms with Crippen LogP contribution >= 0.6 is 11.3 Å². The number of benzene rings is 1. The minimum absolute atomic E-state index is 0.165. The molecule has 26 heavy (non-hydrogen) atoms. The molecular formula is C19H19FN2O3S. The fourth-order valence-electron chi connectivity index (χ4n) is 2.65. The molecule has 0 atom stereocenters. The fourth-order valence-corrected chi connectivity index (χ4v) is 3.37. The van der Waals surface area contributed by atoms with Gasteiger partial charge >= 0.3 is 0 Å². The van der Waals surface area contributed by atoms with Gasteiger partial charge in [-0.1, -0.05) is 6.07 Å². The molecule has 0 bridgehead atoms. The second-order valence-electron chi connectivity index (χ2n) is 5.88. The molecule has 136 valence electrons. The van der Waals surface area contributed by atoms with Crippen LogP contribution in [-0.2, 0) is 11.2 Å². The Hall–Kier alpha value is -2.67. The van der Waals surface area contributed by atoms with Crippen molar-refractivity contribution < 1.29 is 18.3 Å². The lowest BCUT2D eigenvalue weighted by Gasteiger charge is -2.05. The zero-order valence-corrected chi connectivity index (χ0v) is 15.6. The topological polar surface area (TPSA) is 64.4 Å². The van der Waals surface area contributed by atoms with Gasteiger partial charge in [-0.3, -0.25) is 4.79 Å². The van der Waals surface area contributed by atoms with E-state index in [2.05, 4.69) is 10.3 Å². The minimum Gasteiger partial charge on any atom is -0.494 e. The molecule has 0 saturated carbocycles. The molecule has 2 heterocycles. The van der Waals surface area contributed by atoms with Crippen LogP contribution in [0.25, 0.3) is 11.3 Å². The quantitative estimate of drug-likeness (QED) is 0.677. The Morgan fingerprint density at radius 3 is 2.81 bits per heavy atom. The van der Waals surface area contributed by atoms with Gasteiger partial charge in [0.25, 0.3) is 0 Å². The van der Waals surface area contributed by atoms with E-state index in [0.29, 0.717) is 11.6 Å². The highest BCUT2D eigenvalue weighted by Crippen LogP contribution is 2.29. The van der Waals surface area contributed by atoms with Crippen LogP contribution in [0.15, 0.2) is 34.1 Å². The van der Waals surface area contributed by atoms with Gasteiger partial charge in [-0.15, -0.1) is 11.3 Å². The third-order valence-corrected chi connectivity index (χ3v) is 4.68. The fraction of sp³-hybridized carbons (Fsp3) is 0.263. The Morgan fingerprint density at radius 1 is 1.35 bits per heavy atom. The number of amides is 1. The summed E-state index contributed by atoms with van der Waals surface area (Å²) in [6.45, 7) is 3.77. The molecular weight excluding hydrogens is 355 g/mol. The van der Waals surface area contributed by atoms with E-state index in [0.717, 1.165) is 28.3 Å². The zero-order chi connectivity index (χ0) is 18.7. The zero-order valence-electron chi connectivity index (χ0n) is 14.8. The SMILES string of the molecule is COc1ccc(CCC(=O)Nc2nc(-c3cc(C)oc3C)cs2)cc1F. The molecule has 1 amide bonds. The van der Waals surface area contributed by atoms with Gasteiger partial charge in [-0.2, -0.15) is 0 Å². The van der Waals surface area contributed by atoms with Gasteiger partial charge in [-0.25, -0.2) is 9.37 Å². The van der Waals surface area contributed by atoms with Crippen molar-refractivity contribution in [3.05, 3.63) is 52.5 Å².